The fraction of sp³-hybridized carbons (Fsp3) is 0.875. The molecule has 2 N–H and O–H groups in total. The molecule has 8 heteroatoms. The second-order valence-electron chi connectivity index (χ2n) is 11.3. The summed E-state index contributed by atoms with van der Waals surface area (Å²) in [5.41, 5.74) is -1.07. The summed E-state index contributed by atoms with van der Waals surface area (Å²) >= 11 is 1.44. The monoisotopic (exact) mass is 468 g/mol. The molecule has 2 aliphatic heterocycles. The molecule has 0 aromatic carbocycles. The van der Waals surface area contributed by atoms with Crippen molar-refractivity contribution < 1.29 is 24.2 Å². The zero-order chi connectivity index (χ0) is 24.2. The largest absolute Gasteiger partial charge is 0.480 e. The smallest absolute Gasteiger partial charge is 0.327 e. The van der Waals surface area contributed by atoms with Crippen molar-refractivity contribution >= 4 is 29.5 Å². The number of carbonyl (C=O) groups excluding carboxylic acids is 2. The number of amides is 2. The summed E-state index contributed by atoms with van der Waals surface area (Å²) in [6, 6.07) is -1.61. The molecule has 1 saturated carbocycles. The lowest BCUT2D eigenvalue weighted by atomic mass is 9.75. The van der Waals surface area contributed by atoms with E-state index < -0.39 is 28.4 Å². The van der Waals surface area contributed by atoms with Crippen LogP contribution in [0.4, 0.5) is 0 Å². The molecule has 3 rings (SSSR count). The molecule has 32 heavy (non-hydrogen) atoms. The molecule has 3 aliphatic rings. The minimum absolute atomic E-state index is 0.00155. The molecule has 1 aliphatic carbocycles. The Labute approximate surface area is 196 Å². The van der Waals surface area contributed by atoms with Gasteiger partial charge in [-0.2, -0.15) is 0 Å². The molecule has 0 unspecified atom stereocenters. The number of thioether (sulfide) groups is 1. The van der Waals surface area contributed by atoms with E-state index in [-0.39, 0.29) is 29.2 Å². The molecular formula is C24H40N2O5S. The van der Waals surface area contributed by atoms with Gasteiger partial charge < -0.3 is 20.1 Å². The van der Waals surface area contributed by atoms with Crippen LogP contribution in [0.15, 0.2) is 0 Å². The molecule has 3 fully saturated rings. The number of hydrogen-bond donors (Lipinski definition) is 2. The summed E-state index contributed by atoms with van der Waals surface area (Å²) in [5, 5.41) is 12.2. The number of nitrogens with one attached hydrogen (secondary N) is 1. The van der Waals surface area contributed by atoms with Gasteiger partial charge in [-0.05, 0) is 57.3 Å². The van der Waals surface area contributed by atoms with Crippen LogP contribution < -0.4 is 5.32 Å². The first kappa shape index (κ1) is 25.3. The maximum atomic E-state index is 13.5. The Balaban J connectivity index is 1.76. The Morgan fingerprint density at radius 1 is 1.25 bits per heavy atom. The van der Waals surface area contributed by atoms with Gasteiger partial charge in [-0.15, -0.1) is 11.8 Å². The zero-order valence-electron chi connectivity index (χ0n) is 20.7. The van der Waals surface area contributed by atoms with E-state index in [1.165, 1.54) is 23.1 Å². The summed E-state index contributed by atoms with van der Waals surface area (Å²) in [7, 11) is 0. The van der Waals surface area contributed by atoms with E-state index in [9.17, 15) is 19.5 Å². The van der Waals surface area contributed by atoms with Crippen LogP contribution >= 0.6 is 11.8 Å². The Hall–Kier alpha value is -1.28. The molecule has 2 heterocycles. The summed E-state index contributed by atoms with van der Waals surface area (Å²) in [4.78, 5) is 39.5. The molecule has 0 bridgehead atoms. The molecule has 7 atom stereocenters. The number of carboxylic acids is 1. The van der Waals surface area contributed by atoms with Gasteiger partial charge in [0.05, 0.1) is 6.10 Å². The summed E-state index contributed by atoms with van der Waals surface area (Å²) in [6.07, 6.45) is 3.21. The normalized spacial score (nSPS) is 35.9. The minimum atomic E-state index is -1.07. The first-order valence-corrected chi connectivity index (χ1v) is 12.8. The van der Waals surface area contributed by atoms with Crippen LogP contribution in [0.5, 0.6) is 0 Å². The molecule has 0 aromatic heterocycles. The third kappa shape index (κ3) is 4.29. The van der Waals surface area contributed by atoms with Crippen LogP contribution in [0, 0.1) is 23.7 Å². The van der Waals surface area contributed by atoms with Gasteiger partial charge in [-0.25, -0.2) is 4.79 Å². The highest BCUT2D eigenvalue weighted by atomic mass is 32.2. The van der Waals surface area contributed by atoms with Gasteiger partial charge in [-0.3, -0.25) is 9.59 Å². The molecule has 0 spiro atoms. The van der Waals surface area contributed by atoms with Gasteiger partial charge in [0.2, 0.25) is 5.91 Å². The van der Waals surface area contributed by atoms with E-state index in [4.69, 9.17) is 4.74 Å². The summed E-state index contributed by atoms with van der Waals surface area (Å²) in [5.74, 6) is -0.280. The predicted molar refractivity (Wildman–Crippen MR) is 125 cm³/mol. The number of β-lactam (4-membered cyclic amide) rings is 1. The van der Waals surface area contributed by atoms with Crippen LogP contribution in [0.2, 0.25) is 0 Å². The van der Waals surface area contributed by atoms with Gasteiger partial charge in [0, 0.05) is 4.75 Å². The maximum absolute atomic E-state index is 13.5. The molecule has 0 radical (unpaired) electrons. The highest BCUT2D eigenvalue weighted by Crippen LogP contribution is 2.51. The summed E-state index contributed by atoms with van der Waals surface area (Å²) in [6.45, 7) is 16.1. The predicted octanol–water partition coefficient (Wildman–Crippen LogP) is 3.51. The lowest BCUT2D eigenvalue weighted by molar-refractivity contribution is -0.179. The van der Waals surface area contributed by atoms with Crippen molar-refractivity contribution in [3.8, 4) is 0 Å². The van der Waals surface area contributed by atoms with Crippen molar-refractivity contribution in [2.45, 2.75) is 109 Å². The number of aliphatic carboxylic acids is 1. The molecular weight excluding hydrogens is 428 g/mol. The molecule has 182 valence electrons. The number of carboxylic acid groups (broad SMARTS) is 1. The topological polar surface area (TPSA) is 95.9 Å². The van der Waals surface area contributed by atoms with Crippen LogP contribution in [-0.2, 0) is 19.1 Å². The Morgan fingerprint density at radius 2 is 1.88 bits per heavy atom. The fourth-order valence-corrected chi connectivity index (χ4v) is 7.07. The number of hydrogen-bond acceptors (Lipinski definition) is 5. The number of ether oxygens (including phenoxy) is 1. The van der Waals surface area contributed by atoms with E-state index in [2.05, 4.69) is 26.1 Å². The first-order valence-electron chi connectivity index (χ1n) is 11.9. The third-order valence-electron chi connectivity index (χ3n) is 7.87. The van der Waals surface area contributed by atoms with Gasteiger partial charge in [-0.1, -0.05) is 41.0 Å². The summed E-state index contributed by atoms with van der Waals surface area (Å²) < 4.78 is 6.01. The Morgan fingerprint density at radius 3 is 2.41 bits per heavy atom. The van der Waals surface area contributed by atoms with E-state index in [0.717, 1.165) is 12.8 Å². The lowest BCUT2D eigenvalue weighted by Crippen LogP contribution is -2.72. The average Bonchev–Trinajstić information content (AvgIpc) is 2.93. The highest BCUT2D eigenvalue weighted by molar-refractivity contribution is 8.01. The van der Waals surface area contributed by atoms with Gasteiger partial charge in [0.15, 0.2) is 0 Å². The van der Waals surface area contributed by atoms with Crippen molar-refractivity contribution in [2.75, 3.05) is 0 Å². The van der Waals surface area contributed by atoms with Crippen molar-refractivity contribution in [3.05, 3.63) is 0 Å². The molecule has 0 aromatic rings. The molecule has 7 nitrogen and oxygen atoms in total. The van der Waals surface area contributed by atoms with E-state index in [0.29, 0.717) is 17.8 Å². The number of carbonyl (C=O) groups is 3. The Bertz CT molecular complexity index is 769. The standard InChI is InChI=1S/C24H40N2O5S/c1-12(2)15-10-9-14(5)11-16(15)31-24(8,13(3)4)22(30)25-17-19(27)26-18(21(28)29)23(6,7)32-20(17)26/h12-18,20H,9-11H2,1-8H3,(H,25,30)(H,28,29)/t14-,15+,16+,17-,18+,20+,24-/m0/s1. The van der Waals surface area contributed by atoms with Crippen molar-refractivity contribution in [2.24, 2.45) is 23.7 Å². The second-order valence-corrected chi connectivity index (χ2v) is 13.1. The second kappa shape index (κ2) is 8.82. The first-order chi connectivity index (χ1) is 14.7. The van der Waals surface area contributed by atoms with E-state index in [1.807, 2.05) is 34.6 Å². The Kier molecular flexibility index (Phi) is 6.99. The highest BCUT2D eigenvalue weighted by Gasteiger charge is 2.64. The van der Waals surface area contributed by atoms with Crippen molar-refractivity contribution in [3.63, 3.8) is 0 Å². The van der Waals surface area contributed by atoms with Crippen molar-refractivity contribution in [1.29, 1.82) is 0 Å². The zero-order valence-corrected chi connectivity index (χ0v) is 21.5. The number of rotatable bonds is 7. The lowest BCUT2D eigenvalue weighted by Gasteiger charge is -2.47. The van der Waals surface area contributed by atoms with Crippen LogP contribution in [0.25, 0.3) is 0 Å². The quantitative estimate of drug-likeness (QED) is 0.555. The van der Waals surface area contributed by atoms with Crippen LogP contribution in [-0.4, -0.2) is 61.7 Å². The minimum Gasteiger partial charge on any atom is -0.480 e. The number of nitrogens with zero attached hydrogens (tertiary/aromatic N) is 1. The van der Waals surface area contributed by atoms with Gasteiger partial charge in [0.1, 0.15) is 23.1 Å². The van der Waals surface area contributed by atoms with Gasteiger partial charge in [0.25, 0.3) is 5.91 Å². The van der Waals surface area contributed by atoms with E-state index in [1.54, 1.807) is 0 Å². The van der Waals surface area contributed by atoms with Crippen LogP contribution in [0.1, 0.15) is 74.7 Å². The molecule has 2 saturated heterocycles. The maximum Gasteiger partial charge on any atom is 0.327 e. The SMILES string of the molecule is CC(C)[C@H]1CC[C@H](C)C[C@H]1O[C@](C)(C(=O)N[C@H]1C(=O)N2[C@@H]1SC(C)(C)[C@H]2C(=O)O)C(C)C. The third-order valence-corrected chi connectivity index (χ3v) is 9.44. The molecule has 2 amide bonds. The van der Waals surface area contributed by atoms with Crippen LogP contribution in [0.3, 0.4) is 0 Å². The average molecular weight is 469 g/mol. The van der Waals surface area contributed by atoms with Crippen molar-refractivity contribution in [1.82, 2.24) is 10.2 Å². The number of fused-ring (bicyclic) bond motifs is 1. The van der Waals surface area contributed by atoms with E-state index >= 15 is 0 Å². The van der Waals surface area contributed by atoms with Gasteiger partial charge >= 0.3 is 5.97 Å². The fourth-order valence-electron chi connectivity index (χ4n) is 5.45.